The van der Waals surface area contributed by atoms with Crippen molar-refractivity contribution in [1.82, 2.24) is 0 Å². The first-order valence-electron chi connectivity index (χ1n) is 5.90. The lowest BCUT2D eigenvalue weighted by atomic mass is 9.63. The monoisotopic (exact) mass is 190 g/mol. The van der Waals surface area contributed by atoms with Crippen LogP contribution >= 0.6 is 0 Å². The first kappa shape index (κ1) is 8.70. The molecule has 0 radical (unpaired) electrons. The zero-order valence-electron chi connectivity index (χ0n) is 8.94. The Morgan fingerprint density at radius 3 is 2.57 bits per heavy atom. The summed E-state index contributed by atoms with van der Waals surface area (Å²) >= 11 is 0. The Labute approximate surface area is 85.6 Å². The minimum absolute atomic E-state index is 0.0495. The van der Waals surface area contributed by atoms with Crippen LogP contribution in [0.25, 0.3) is 0 Å². The zero-order chi connectivity index (χ0) is 9.81. The molecule has 1 spiro atoms. The molecule has 3 aliphatic carbocycles. The summed E-state index contributed by atoms with van der Waals surface area (Å²) in [6, 6.07) is 0. The molecular formula is C13H18O. The second kappa shape index (κ2) is 2.50. The topological polar surface area (TPSA) is 17.1 Å². The van der Waals surface area contributed by atoms with Crippen molar-refractivity contribution < 1.29 is 4.79 Å². The van der Waals surface area contributed by atoms with E-state index >= 15 is 0 Å². The van der Waals surface area contributed by atoms with E-state index in [2.05, 4.69) is 13.0 Å². The zero-order valence-corrected chi connectivity index (χ0v) is 8.94. The van der Waals surface area contributed by atoms with Crippen LogP contribution in [0.4, 0.5) is 0 Å². The van der Waals surface area contributed by atoms with Crippen molar-refractivity contribution in [3.05, 3.63) is 11.6 Å². The highest BCUT2D eigenvalue weighted by Crippen LogP contribution is 2.59. The number of fused-ring (bicyclic) bond motifs is 1. The lowest BCUT2D eigenvalue weighted by Crippen LogP contribution is -2.36. The van der Waals surface area contributed by atoms with Gasteiger partial charge in [-0.15, -0.1) is 0 Å². The molecular weight excluding hydrogens is 172 g/mol. The van der Waals surface area contributed by atoms with E-state index in [1.165, 1.54) is 31.3 Å². The fourth-order valence-corrected chi connectivity index (χ4v) is 3.20. The predicted molar refractivity (Wildman–Crippen MR) is 55.9 cm³/mol. The Kier molecular flexibility index (Phi) is 1.55. The highest BCUT2D eigenvalue weighted by Gasteiger charge is 2.50. The molecule has 0 aliphatic heterocycles. The van der Waals surface area contributed by atoms with Crippen LogP contribution in [-0.2, 0) is 4.79 Å². The van der Waals surface area contributed by atoms with Crippen molar-refractivity contribution in [3.8, 4) is 0 Å². The van der Waals surface area contributed by atoms with Crippen molar-refractivity contribution >= 4 is 5.78 Å². The van der Waals surface area contributed by atoms with Gasteiger partial charge < -0.3 is 0 Å². The summed E-state index contributed by atoms with van der Waals surface area (Å²) in [4.78, 5) is 11.9. The van der Waals surface area contributed by atoms with Crippen molar-refractivity contribution in [1.29, 1.82) is 0 Å². The minimum Gasteiger partial charge on any atom is -0.299 e. The average Bonchev–Trinajstić information content (AvgIpc) is 2.91. The number of carbonyl (C=O) groups is 1. The quantitative estimate of drug-likeness (QED) is 0.536. The van der Waals surface area contributed by atoms with Crippen LogP contribution in [0.5, 0.6) is 0 Å². The number of rotatable bonds is 0. The lowest BCUT2D eigenvalue weighted by molar-refractivity contribution is -0.128. The maximum absolute atomic E-state index is 11.9. The normalized spacial score (nSPS) is 39.2. The summed E-state index contributed by atoms with van der Waals surface area (Å²) in [5, 5.41) is 0. The SMILES string of the molecule is CC12CCC3(C=C1CCCC2=O)CC3. The van der Waals surface area contributed by atoms with E-state index < -0.39 is 0 Å². The molecule has 1 unspecified atom stereocenters. The Balaban J connectivity index is 2.00. The molecule has 3 rings (SSSR count). The third-order valence-electron chi connectivity index (χ3n) is 4.67. The van der Waals surface area contributed by atoms with Crippen LogP contribution in [0.3, 0.4) is 0 Å². The Morgan fingerprint density at radius 2 is 1.86 bits per heavy atom. The van der Waals surface area contributed by atoms with Gasteiger partial charge in [0.25, 0.3) is 0 Å². The Hall–Kier alpha value is -0.590. The molecule has 0 saturated heterocycles. The maximum atomic E-state index is 11.9. The number of hydrogen-bond donors (Lipinski definition) is 0. The van der Waals surface area contributed by atoms with Crippen molar-refractivity contribution in [2.24, 2.45) is 10.8 Å². The molecule has 76 valence electrons. The van der Waals surface area contributed by atoms with E-state index in [1.54, 1.807) is 0 Å². The molecule has 0 aromatic rings. The molecule has 1 atom stereocenters. The summed E-state index contributed by atoms with van der Waals surface area (Å²) in [5.41, 5.74) is 2.00. The van der Waals surface area contributed by atoms with Gasteiger partial charge in [-0.1, -0.05) is 11.6 Å². The molecule has 0 bridgehead atoms. The summed E-state index contributed by atoms with van der Waals surface area (Å²) in [6.07, 6.45) is 10.7. The number of carbonyl (C=O) groups excluding carboxylic acids is 1. The maximum Gasteiger partial charge on any atom is 0.142 e. The van der Waals surface area contributed by atoms with Gasteiger partial charge in [0.05, 0.1) is 0 Å². The van der Waals surface area contributed by atoms with E-state index in [9.17, 15) is 4.79 Å². The predicted octanol–water partition coefficient (Wildman–Crippen LogP) is 3.25. The largest absolute Gasteiger partial charge is 0.299 e. The van der Waals surface area contributed by atoms with E-state index in [1.807, 2.05) is 0 Å². The van der Waals surface area contributed by atoms with Gasteiger partial charge in [0.2, 0.25) is 0 Å². The highest BCUT2D eigenvalue weighted by atomic mass is 16.1. The first-order valence-corrected chi connectivity index (χ1v) is 5.90. The standard InChI is InChI=1S/C13H18O/c1-12-5-6-13(7-8-13)9-10(12)3-2-4-11(12)14/h9H,2-8H2,1H3. The number of allylic oxidation sites excluding steroid dienone is 2. The van der Waals surface area contributed by atoms with E-state index in [0.29, 0.717) is 11.2 Å². The van der Waals surface area contributed by atoms with Gasteiger partial charge in [-0.05, 0) is 50.9 Å². The van der Waals surface area contributed by atoms with Gasteiger partial charge in [0, 0.05) is 11.8 Å². The Bertz CT molecular complexity index is 322. The van der Waals surface area contributed by atoms with E-state index in [4.69, 9.17) is 0 Å². The van der Waals surface area contributed by atoms with E-state index in [-0.39, 0.29) is 5.41 Å². The van der Waals surface area contributed by atoms with Crippen LogP contribution in [0.1, 0.15) is 51.9 Å². The van der Waals surface area contributed by atoms with Gasteiger partial charge in [-0.25, -0.2) is 0 Å². The van der Waals surface area contributed by atoms with Gasteiger partial charge in [0.15, 0.2) is 0 Å². The van der Waals surface area contributed by atoms with Crippen LogP contribution in [0, 0.1) is 10.8 Å². The number of ketones is 1. The molecule has 0 aromatic carbocycles. The Morgan fingerprint density at radius 1 is 1.14 bits per heavy atom. The molecule has 2 fully saturated rings. The van der Waals surface area contributed by atoms with E-state index in [0.717, 1.165) is 19.3 Å². The minimum atomic E-state index is -0.0495. The van der Waals surface area contributed by atoms with Crippen LogP contribution < -0.4 is 0 Å². The number of Topliss-reactive ketones (excluding diaryl/α,β-unsaturated/α-hetero) is 1. The molecule has 1 heteroatoms. The molecule has 1 nitrogen and oxygen atoms in total. The van der Waals surface area contributed by atoms with Crippen molar-refractivity contribution in [2.75, 3.05) is 0 Å². The van der Waals surface area contributed by atoms with Gasteiger partial charge >= 0.3 is 0 Å². The average molecular weight is 190 g/mol. The van der Waals surface area contributed by atoms with Crippen LogP contribution in [0.15, 0.2) is 11.6 Å². The summed E-state index contributed by atoms with van der Waals surface area (Å²) in [5.74, 6) is 0.505. The molecule has 0 amide bonds. The van der Waals surface area contributed by atoms with Crippen LogP contribution in [-0.4, -0.2) is 5.78 Å². The molecule has 0 N–H and O–H groups in total. The van der Waals surface area contributed by atoms with Crippen molar-refractivity contribution in [3.63, 3.8) is 0 Å². The summed E-state index contributed by atoms with van der Waals surface area (Å²) in [7, 11) is 0. The third kappa shape index (κ3) is 1.04. The first-order chi connectivity index (χ1) is 6.65. The molecule has 0 aromatic heterocycles. The fraction of sp³-hybridized carbons (Fsp3) is 0.769. The third-order valence-corrected chi connectivity index (χ3v) is 4.67. The fourth-order valence-electron chi connectivity index (χ4n) is 3.20. The molecule has 2 saturated carbocycles. The smallest absolute Gasteiger partial charge is 0.142 e. The van der Waals surface area contributed by atoms with Crippen molar-refractivity contribution in [2.45, 2.75) is 51.9 Å². The second-order valence-corrected chi connectivity index (χ2v) is 5.64. The lowest BCUT2D eigenvalue weighted by Gasteiger charge is -2.40. The molecule has 3 aliphatic rings. The number of hydrogen-bond acceptors (Lipinski definition) is 1. The molecule has 0 heterocycles. The van der Waals surface area contributed by atoms with Gasteiger partial charge in [-0.3, -0.25) is 4.79 Å². The van der Waals surface area contributed by atoms with Crippen LogP contribution in [0.2, 0.25) is 0 Å². The summed E-state index contributed by atoms with van der Waals surface area (Å²) in [6.45, 7) is 2.18. The molecule has 14 heavy (non-hydrogen) atoms. The van der Waals surface area contributed by atoms with Gasteiger partial charge in [0.1, 0.15) is 5.78 Å². The summed E-state index contributed by atoms with van der Waals surface area (Å²) < 4.78 is 0. The highest BCUT2D eigenvalue weighted by molar-refractivity contribution is 5.88. The second-order valence-electron chi connectivity index (χ2n) is 5.64. The van der Waals surface area contributed by atoms with Gasteiger partial charge in [-0.2, -0.15) is 0 Å².